The van der Waals surface area contributed by atoms with Gasteiger partial charge in [0.25, 0.3) is 5.91 Å². The lowest BCUT2D eigenvalue weighted by molar-refractivity contribution is -0.160. The SMILES string of the molecule is Cc1cc(CNC(=O)c2ccc(-c3c(C)nc(C)c(C(OC(C)(C)C)C(=O)O)c3N3CCC(C)(C)CC3)cc2)ccc1F. The Morgan fingerprint density at radius 1 is 1.05 bits per heavy atom. The van der Waals surface area contributed by atoms with Crippen LogP contribution in [0, 0.1) is 32.0 Å². The summed E-state index contributed by atoms with van der Waals surface area (Å²) in [6.45, 7) is 17.4. The Morgan fingerprint density at radius 2 is 1.67 bits per heavy atom. The molecule has 1 aliphatic heterocycles. The molecule has 230 valence electrons. The van der Waals surface area contributed by atoms with E-state index in [9.17, 15) is 19.1 Å². The van der Waals surface area contributed by atoms with Crippen molar-refractivity contribution >= 4 is 17.6 Å². The summed E-state index contributed by atoms with van der Waals surface area (Å²) in [5.74, 6) is -1.57. The molecule has 2 heterocycles. The van der Waals surface area contributed by atoms with Gasteiger partial charge in [-0.05, 0) is 94.7 Å². The highest BCUT2D eigenvalue weighted by molar-refractivity contribution is 5.95. The maximum absolute atomic E-state index is 13.6. The topological polar surface area (TPSA) is 91.8 Å². The summed E-state index contributed by atoms with van der Waals surface area (Å²) in [6.07, 6.45) is 0.741. The van der Waals surface area contributed by atoms with E-state index in [-0.39, 0.29) is 23.7 Å². The number of aryl methyl sites for hydroxylation is 3. The lowest BCUT2D eigenvalue weighted by atomic mass is 9.81. The van der Waals surface area contributed by atoms with Gasteiger partial charge in [-0.2, -0.15) is 0 Å². The summed E-state index contributed by atoms with van der Waals surface area (Å²) in [5.41, 5.74) is 5.85. The Hall–Kier alpha value is -3.78. The van der Waals surface area contributed by atoms with Gasteiger partial charge in [-0.1, -0.05) is 38.1 Å². The lowest BCUT2D eigenvalue weighted by Gasteiger charge is -2.41. The summed E-state index contributed by atoms with van der Waals surface area (Å²) >= 11 is 0. The summed E-state index contributed by atoms with van der Waals surface area (Å²) < 4.78 is 19.8. The minimum atomic E-state index is -1.20. The number of carbonyl (C=O) groups excluding carboxylic acids is 1. The summed E-state index contributed by atoms with van der Waals surface area (Å²) in [4.78, 5) is 32.8. The fraction of sp³-hybridized carbons (Fsp3) is 0.457. The van der Waals surface area contributed by atoms with Gasteiger partial charge < -0.3 is 20.1 Å². The number of carbonyl (C=O) groups is 2. The highest BCUT2D eigenvalue weighted by Crippen LogP contribution is 2.44. The molecule has 3 aromatic rings. The van der Waals surface area contributed by atoms with E-state index >= 15 is 0 Å². The molecule has 1 aromatic heterocycles. The first-order valence-electron chi connectivity index (χ1n) is 14.9. The first-order chi connectivity index (χ1) is 20.1. The second-order valence-electron chi connectivity index (χ2n) is 13.4. The van der Waals surface area contributed by atoms with E-state index in [0.29, 0.717) is 22.4 Å². The molecule has 1 aliphatic rings. The maximum atomic E-state index is 13.6. The van der Waals surface area contributed by atoms with Gasteiger partial charge in [0, 0.05) is 47.7 Å². The number of anilines is 1. The van der Waals surface area contributed by atoms with Gasteiger partial charge in [-0.25, -0.2) is 9.18 Å². The van der Waals surface area contributed by atoms with Crippen LogP contribution in [0.1, 0.15) is 92.0 Å². The largest absolute Gasteiger partial charge is 0.479 e. The van der Waals surface area contributed by atoms with E-state index in [2.05, 4.69) is 24.1 Å². The fourth-order valence-corrected chi connectivity index (χ4v) is 5.64. The van der Waals surface area contributed by atoms with Crippen LogP contribution in [0.3, 0.4) is 0 Å². The Kier molecular flexibility index (Phi) is 9.30. The van der Waals surface area contributed by atoms with Gasteiger partial charge in [0.2, 0.25) is 0 Å². The third-order valence-corrected chi connectivity index (χ3v) is 8.08. The number of carboxylic acids is 1. The number of aliphatic carboxylic acids is 1. The summed E-state index contributed by atoms with van der Waals surface area (Å²) in [5, 5.41) is 13.3. The van der Waals surface area contributed by atoms with E-state index in [0.717, 1.165) is 54.0 Å². The molecule has 1 saturated heterocycles. The lowest BCUT2D eigenvalue weighted by Crippen LogP contribution is -2.39. The van der Waals surface area contributed by atoms with Crippen LogP contribution in [0.4, 0.5) is 10.1 Å². The minimum Gasteiger partial charge on any atom is -0.479 e. The molecule has 0 spiro atoms. The van der Waals surface area contributed by atoms with E-state index in [1.807, 2.05) is 46.8 Å². The number of piperidine rings is 1. The average Bonchev–Trinajstić information content (AvgIpc) is 2.92. The van der Waals surface area contributed by atoms with Crippen molar-refractivity contribution in [3.05, 3.63) is 81.9 Å². The van der Waals surface area contributed by atoms with Crippen molar-refractivity contribution in [2.24, 2.45) is 5.41 Å². The van der Waals surface area contributed by atoms with Crippen molar-refractivity contribution in [2.45, 2.75) is 86.5 Å². The molecule has 4 rings (SSSR count). The van der Waals surface area contributed by atoms with Crippen LogP contribution in [-0.2, 0) is 16.1 Å². The molecule has 0 saturated carbocycles. The second-order valence-corrected chi connectivity index (χ2v) is 13.4. The van der Waals surface area contributed by atoms with Crippen LogP contribution in [-0.4, -0.2) is 40.7 Å². The number of halogens is 1. The molecule has 1 unspecified atom stereocenters. The number of benzene rings is 2. The van der Waals surface area contributed by atoms with Crippen LogP contribution in [0.15, 0.2) is 42.5 Å². The normalized spacial score (nSPS) is 15.7. The predicted molar refractivity (Wildman–Crippen MR) is 168 cm³/mol. The van der Waals surface area contributed by atoms with Crippen LogP contribution in [0.5, 0.6) is 0 Å². The molecule has 0 aliphatic carbocycles. The zero-order chi connectivity index (χ0) is 31.7. The van der Waals surface area contributed by atoms with Gasteiger partial charge >= 0.3 is 5.97 Å². The average molecular weight is 590 g/mol. The number of amides is 1. The summed E-state index contributed by atoms with van der Waals surface area (Å²) in [7, 11) is 0. The Balaban J connectivity index is 1.74. The molecule has 1 fully saturated rings. The highest BCUT2D eigenvalue weighted by Gasteiger charge is 2.36. The first-order valence-corrected chi connectivity index (χ1v) is 14.9. The van der Waals surface area contributed by atoms with Crippen molar-refractivity contribution in [2.75, 3.05) is 18.0 Å². The number of carboxylic acid groups (broad SMARTS) is 1. The fourth-order valence-electron chi connectivity index (χ4n) is 5.64. The maximum Gasteiger partial charge on any atom is 0.337 e. The van der Waals surface area contributed by atoms with E-state index in [4.69, 9.17) is 9.72 Å². The van der Waals surface area contributed by atoms with E-state index < -0.39 is 17.7 Å². The number of hydrogen-bond acceptors (Lipinski definition) is 5. The number of ether oxygens (including phenoxy) is 1. The molecular weight excluding hydrogens is 545 g/mol. The second kappa shape index (κ2) is 12.4. The monoisotopic (exact) mass is 589 g/mol. The van der Waals surface area contributed by atoms with Crippen molar-refractivity contribution in [3.8, 4) is 11.1 Å². The number of hydrogen-bond donors (Lipinski definition) is 2. The van der Waals surface area contributed by atoms with Gasteiger partial charge in [0.15, 0.2) is 6.10 Å². The minimum absolute atomic E-state index is 0.198. The quantitative estimate of drug-likeness (QED) is 0.286. The Labute approximate surface area is 254 Å². The zero-order valence-electron chi connectivity index (χ0n) is 26.6. The van der Waals surface area contributed by atoms with Crippen LogP contribution >= 0.6 is 0 Å². The number of aromatic nitrogens is 1. The van der Waals surface area contributed by atoms with Crippen molar-refractivity contribution in [3.63, 3.8) is 0 Å². The van der Waals surface area contributed by atoms with Gasteiger partial charge in [-0.3, -0.25) is 9.78 Å². The first kappa shape index (κ1) is 32.1. The van der Waals surface area contributed by atoms with E-state index in [1.165, 1.54) is 6.07 Å². The molecule has 2 N–H and O–H groups in total. The van der Waals surface area contributed by atoms with Crippen molar-refractivity contribution in [1.29, 1.82) is 0 Å². The Morgan fingerprint density at radius 3 is 2.23 bits per heavy atom. The highest BCUT2D eigenvalue weighted by atomic mass is 19.1. The molecular formula is C35H44FN3O4. The van der Waals surface area contributed by atoms with Crippen molar-refractivity contribution < 1.29 is 23.8 Å². The number of nitrogens with zero attached hydrogens (tertiary/aromatic N) is 2. The van der Waals surface area contributed by atoms with Crippen molar-refractivity contribution in [1.82, 2.24) is 10.3 Å². The smallest absolute Gasteiger partial charge is 0.337 e. The number of nitrogens with one attached hydrogen (secondary N) is 1. The third kappa shape index (κ3) is 7.60. The molecule has 0 radical (unpaired) electrons. The third-order valence-electron chi connectivity index (χ3n) is 8.08. The molecule has 2 aromatic carbocycles. The standard InChI is InChI=1S/C35H44FN3O4/c1-21-19-24(9-14-27(21)36)20-37-32(40)26-12-10-25(11-13-26)28-22(2)38-23(3)29(31(33(41)42)43-34(4,5)6)30(28)39-17-15-35(7,8)16-18-39/h9-14,19,31H,15-18,20H2,1-8H3,(H,37,40)(H,41,42). The zero-order valence-corrected chi connectivity index (χ0v) is 26.6. The van der Waals surface area contributed by atoms with E-state index in [1.54, 1.807) is 31.2 Å². The van der Waals surface area contributed by atoms with Crippen LogP contribution < -0.4 is 10.2 Å². The molecule has 8 heteroatoms. The Bertz CT molecular complexity index is 1500. The molecule has 1 amide bonds. The van der Waals surface area contributed by atoms with Crippen LogP contribution in [0.2, 0.25) is 0 Å². The molecule has 7 nitrogen and oxygen atoms in total. The molecule has 43 heavy (non-hydrogen) atoms. The number of pyridine rings is 1. The molecule has 0 bridgehead atoms. The molecule has 1 atom stereocenters. The number of rotatable bonds is 8. The van der Waals surface area contributed by atoms with Gasteiger partial charge in [-0.15, -0.1) is 0 Å². The van der Waals surface area contributed by atoms with Gasteiger partial charge in [0.1, 0.15) is 5.82 Å². The predicted octanol–water partition coefficient (Wildman–Crippen LogP) is 7.31. The summed E-state index contributed by atoms with van der Waals surface area (Å²) in [6, 6.07) is 12.1. The van der Waals surface area contributed by atoms with Crippen LogP contribution in [0.25, 0.3) is 11.1 Å². The van der Waals surface area contributed by atoms with Gasteiger partial charge in [0.05, 0.1) is 11.3 Å².